The second-order valence-electron chi connectivity index (χ2n) is 3.33. The summed E-state index contributed by atoms with van der Waals surface area (Å²) in [5.41, 5.74) is 1.23. The zero-order valence-corrected chi connectivity index (χ0v) is 8.69. The van der Waals surface area contributed by atoms with Gasteiger partial charge in [0.25, 0.3) is 0 Å². The topological polar surface area (TPSA) is 83.5 Å². The summed E-state index contributed by atoms with van der Waals surface area (Å²) in [7, 11) is 0. The van der Waals surface area contributed by atoms with Crippen molar-refractivity contribution in [3.05, 3.63) is 29.3 Å². The van der Waals surface area contributed by atoms with Crippen LogP contribution in [-0.4, -0.2) is 23.3 Å². The lowest BCUT2D eigenvalue weighted by molar-refractivity contribution is -0.136. The molecule has 5 nitrogen and oxygen atoms in total. The molecule has 0 aliphatic heterocycles. The van der Waals surface area contributed by atoms with Crippen LogP contribution in [0.25, 0.3) is 0 Å². The highest BCUT2D eigenvalue weighted by atomic mass is 16.4. The highest BCUT2D eigenvalue weighted by Gasteiger charge is 2.05. The lowest BCUT2D eigenvalue weighted by Gasteiger charge is -2.05. The van der Waals surface area contributed by atoms with Gasteiger partial charge in [-0.3, -0.25) is 14.4 Å². The molecule has 0 spiro atoms. The molecular formula is C11H11NO4. The molecule has 0 fully saturated rings. The number of aldehydes is 1. The van der Waals surface area contributed by atoms with E-state index >= 15 is 0 Å². The largest absolute Gasteiger partial charge is 0.481 e. The fraction of sp³-hybridized carbons (Fsp3) is 0.182. The number of hydrogen-bond donors (Lipinski definition) is 2. The molecule has 16 heavy (non-hydrogen) atoms. The highest BCUT2D eigenvalue weighted by Crippen LogP contribution is 2.14. The first-order valence-electron chi connectivity index (χ1n) is 4.60. The maximum atomic E-state index is 10.8. The molecule has 0 aliphatic carbocycles. The van der Waals surface area contributed by atoms with Gasteiger partial charge in [0.2, 0.25) is 5.91 Å². The Kier molecular flexibility index (Phi) is 3.77. The lowest BCUT2D eigenvalue weighted by Crippen LogP contribution is -2.08. The van der Waals surface area contributed by atoms with E-state index in [0.29, 0.717) is 23.1 Å². The van der Waals surface area contributed by atoms with Crippen LogP contribution in [0.3, 0.4) is 0 Å². The van der Waals surface area contributed by atoms with Gasteiger partial charge in [0.15, 0.2) is 0 Å². The zero-order chi connectivity index (χ0) is 12.1. The average molecular weight is 221 g/mol. The maximum absolute atomic E-state index is 10.8. The Bertz CT molecular complexity index is 405. The average Bonchev–Trinajstić information content (AvgIpc) is 2.14. The molecule has 0 aromatic heterocycles. The second kappa shape index (κ2) is 5.06. The lowest BCUT2D eigenvalue weighted by atomic mass is 10.1. The Morgan fingerprint density at radius 2 is 2.06 bits per heavy atom. The van der Waals surface area contributed by atoms with E-state index < -0.39 is 5.97 Å². The first-order chi connectivity index (χ1) is 7.51. The molecule has 1 rings (SSSR count). The molecule has 84 valence electrons. The van der Waals surface area contributed by atoms with Crippen LogP contribution in [0.2, 0.25) is 0 Å². The third-order valence-electron chi connectivity index (χ3n) is 1.83. The minimum atomic E-state index is -0.989. The molecule has 0 atom stereocenters. The van der Waals surface area contributed by atoms with Gasteiger partial charge in [0.05, 0.1) is 6.42 Å². The number of carboxylic acid groups (broad SMARTS) is 1. The van der Waals surface area contributed by atoms with E-state index in [1.54, 1.807) is 0 Å². The first-order valence-corrected chi connectivity index (χ1v) is 4.60. The summed E-state index contributed by atoms with van der Waals surface area (Å²) in [5, 5.41) is 11.1. The van der Waals surface area contributed by atoms with Gasteiger partial charge in [0, 0.05) is 18.2 Å². The van der Waals surface area contributed by atoms with E-state index in [-0.39, 0.29) is 12.3 Å². The Labute approximate surface area is 92.1 Å². The van der Waals surface area contributed by atoms with E-state index in [2.05, 4.69) is 5.32 Å². The zero-order valence-electron chi connectivity index (χ0n) is 8.69. The SMILES string of the molecule is CC(=O)Nc1cc(C=O)cc(CC(=O)O)c1. The fourth-order valence-corrected chi connectivity index (χ4v) is 1.34. The van der Waals surface area contributed by atoms with E-state index in [4.69, 9.17) is 5.11 Å². The van der Waals surface area contributed by atoms with Crippen molar-refractivity contribution >= 4 is 23.9 Å². The summed E-state index contributed by atoms with van der Waals surface area (Å²) in [6, 6.07) is 4.49. The normalized spacial score (nSPS) is 9.56. The van der Waals surface area contributed by atoms with Crippen molar-refractivity contribution in [1.29, 1.82) is 0 Å². The minimum Gasteiger partial charge on any atom is -0.481 e. The van der Waals surface area contributed by atoms with Gasteiger partial charge in [-0.1, -0.05) is 0 Å². The smallest absolute Gasteiger partial charge is 0.307 e. The Hall–Kier alpha value is -2.17. The van der Waals surface area contributed by atoms with Crippen molar-refractivity contribution in [3.63, 3.8) is 0 Å². The number of benzene rings is 1. The van der Waals surface area contributed by atoms with Crippen LogP contribution in [0.5, 0.6) is 0 Å². The van der Waals surface area contributed by atoms with Crippen LogP contribution in [0.4, 0.5) is 5.69 Å². The molecule has 0 saturated heterocycles. The molecule has 0 bridgehead atoms. The fourth-order valence-electron chi connectivity index (χ4n) is 1.34. The molecule has 0 aliphatic rings. The molecule has 1 aromatic rings. The molecule has 0 saturated carbocycles. The van der Waals surface area contributed by atoms with Crippen molar-refractivity contribution < 1.29 is 19.5 Å². The van der Waals surface area contributed by atoms with Gasteiger partial charge in [0.1, 0.15) is 6.29 Å². The number of carbonyl (C=O) groups excluding carboxylic acids is 2. The van der Waals surface area contributed by atoms with Crippen molar-refractivity contribution in [1.82, 2.24) is 0 Å². The van der Waals surface area contributed by atoms with Crippen molar-refractivity contribution in [3.8, 4) is 0 Å². The van der Waals surface area contributed by atoms with Crippen LogP contribution in [0.15, 0.2) is 18.2 Å². The van der Waals surface area contributed by atoms with Crippen LogP contribution >= 0.6 is 0 Å². The molecule has 1 aromatic carbocycles. The van der Waals surface area contributed by atoms with Gasteiger partial charge >= 0.3 is 5.97 Å². The predicted molar refractivity (Wildman–Crippen MR) is 57.5 cm³/mol. The van der Waals surface area contributed by atoms with Gasteiger partial charge in [-0.15, -0.1) is 0 Å². The Morgan fingerprint density at radius 3 is 2.56 bits per heavy atom. The summed E-state index contributed by atoms with van der Waals surface area (Å²) in [6.07, 6.45) is 0.422. The molecule has 0 heterocycles. The van der Waals surface area contributed by atoms with Crippen LogP contribution < -0.4 is 5.32 Å². The molecular weight excluding hydrogens is 210 g/mol. The Morgan fingerprint density at radius 1 is 1.38 bits per heavy atom. The van der Waals surface area contributed by atoms with Crippen molar-refractivity contribution in [2.75, 3.05) is 5.32 Å². The number of hydrogen-bond acceptors (Lipinski definition) is 3. The Balaban J connectivity index is 3.04. The van der Waals surface area contributed by atoms with Crippen molar-refractivity contribution in [2.45, 2.75) is 13.3 Å². The molecule has 0 unspecified atom stereocenters. The number of aliphatic carboxylic acids is 1. The highest BCUT2D eigenvalue weighted by molar-refractivity contribution is 5.90. The maximum Gasteiger partial charge on any atom is 0.307 e. The predicted octanol–water partition coefficient (Wildman–Crippen LogP) is 1.08. The molecule has 1 amide bonds. The van der Waals surface area contributed by atoms with E-state index in [0.717, 1.165) is 0 Å². The summed E-state index contributed by atoms with van der Waals surface area (Å²) >= 11 is 0. The molecule has 0 radical (unpaired) electrons. The van der Waals surface area contributed by atoms with E-state index in [1.165, 1.54) is 25.1 Å². The van der Waals surface area contributed by atoms with Gasteiger partial charge < -0.3 is 10.4 Å². The summed E-state index contributed by atoms with van der Waals surface area (Å²) in [6.45, 7) is 1.34. The van der Waals surface area contributed by atoms with Crippen LogP contribution in [0.1, 0.15) is 22.8 Å². The van der Waals surface area contributed by atoms with Gasteiger partial charge in [-0.05, 0) is 23.8 Å². The van der Waals surface area contributed by atoms with Crippen molar-refractivity contribution in [2.24, 2.45) is 0 Å². The summed E-state index contributed by atoms with van der Waals surface area (Å²) in [4.78, 5) is 32.0. The van der Waals surface area contributed by atoms with E-state index in [1.807, 2.05) is 0 Å². The quantitative estimate of drug-likeness (QED) is 0.745. The number of carbonyl (C=O) groups is 3. The van der Waals surface area contributed by atoms with Crippen LogP contribution in [-0.2, 0) is 16.0 Å². The number of rotatable bonds is 4. The van der Waals surface area contributed by atoms with Gasteiger partial charge in [-0.2, -0.15) is 0 Å². The summed E-state index contributed by atoms with van der Waals surface area (Å²) in [5.74, 6) is -1.26. The molecule has 5 heteroatoms. The first kappa shape index (κ1) is 11.9. The standard InChI is InChI=1S/C11H11NO4/c1-7(14)12-10-3-8(5-11(15)16)2-9(4-10)6-13/h2-4,6H,5H2,1H3,(H,12,14)(H,15,16). The number of nitrogens with one attached hydrogen (secondary N) is 1. The third-order valence-corrected chi connectivity index (χ3v) is 1.83. The third kappa shape index (κ3) is 3.53. The number of carboxylic acids is 1. The summed E-state index contributed by atoms with van der Waals surface area (Å²) < 4.78 is 0. The number of anilines is 1. The second-order valence-corrected chi connectivity index (χ2v) is 3.33. The minimum absolute atomic E-state index is 0.186. The number of amides is 1. The van der Waals surface area contributed by atoms with Gasteiger partial charge in [-0.25, -0.2) is 0 Å². The van der Waals surface area contributed by atoms with Crippen LogP contribution in [0, 0.1) is 0 Å². The molecule has 2 N–H and O–H groups in total. The monoisotopic (exact) mass is 221 g/mol. The van der Waals surface area contributed by atoms with E-state index in [9.17, 15) is 14.4 Å².